The maximum Gasteiger partial charge on any atom is 0.573 e. The van der Waals surface area contributed by atoms with E-state index < -0.39 is 6.36 Å². The number of carbonyl (C=O) groups is 1. The van der Waals surface area contributed by atoms with Gasteiger partial charge in [0.25, 0.3) is 0 Å². The van der Waals surface area contributed by atoms with E-state index in [2.05, 4.69) is 15.4 Å². The van der Waals surface area contributed by atoms with Crippen LogP contribution in [0.4, 0.5) is 13.2 Å². The Bertz CT molecular complexity index is 464. The Balaban J connectivity index is 0.00000200. The molecule has 2 rings (SSSR count). The van der Waals surface area contributed by atoms with Gasteiger partial charge in [-0.1, -0.05) is 18.2 Å². The van der Waals surface area contributed by atoms with E-state index in [0.29, 0.717) is 18.7 Å². The minimum absolute atomic E-state index is 0. The van der Waals surface area contributed by atoms with Gasteiger partial charge in [-0.15, -0.1) is 25.6 Å². The van der Waals surface area contributed by atoms with E-state index in [4.69, 9.17) is 0 Å². The summed E-state index contributed by atoms with van der Waals surface area (Å²) in [6, 6.07) is 5.75. The van der Waals surface area contributed by atoms with E-state index in [1.165, 1.54) is 18.2 Å². The third-order valence-corrected chi connectivity index (χ3v) is 2.80. The molecule has 1 fully saturated rings. The van der Waals surface area contributed by atoms with Gasteiger partial charge in [0.2, 0.25) is 5.91 Å². The minimum atomic E-state index is -4.74. The van der Waals surface area contributed by atoms with Crippen LogP contribution in [0, 0.1) is 5.92 Å². The molecule has 0 atom stereocenters. The SMILES string of the molecule is Cl.O=C(NCc1ccccc1OC(F)(F)F)C1CNC1. The van der Waals surface area contributed by atoms with Crippen molar-refractivity contribution in [2.75, 3.05) is 13.1 Å². The summed E-state index contributed by atoms with van der Waals surface area (Å²) in [7, 11) is 0. The molecule has 0 saturated carbocycles. The van der Waals surface area contributed by atoms with Gasteiger partial charge < -0.3 is 15.4 Å². The van der Waals surface area contributed by atoms with Gasteiger partial charge in [-0.05, 0) is 6.07 Å². The van der Waals surface area contributed by atoms with E-state index >= 15 is 0 Å². The zero-order valence-electron chi connectivity index (χ0n) is 10.4. The van der Waals surface area contributed by atoms with Crippen LogP contribution in [0.25, 0.3) is 0 Å². The van der Waals surface area contributed by atoms with E-state index in [1.54, 1.807) is 6.07 Å². The van der Waals surface area contributed by atoms with Gasteiger partial charge in [0.05, 0.1) is 5.92 Å². The van der Waals surface area contributed by atoms with E-state index in [9.17, 15) is 18.0 Å². The van der Waals surface area contributed by atoms with Crippen molar-refractivity contribution in [3.63, 3.8) is 0 Å². The van der Waals surface area contributed by atoms with Crippen LogP contribution in [-0.2, 0) is 11.3 Å². The summed E-state index contributed by atoms with van der Waals surface area (Å²) in [6.45, 7) is 1.22. The lowest BCUT2D eigenvalue weighted by molar-refractivity contribution is -0.274. The molecular weight excluding hydrogens is 297 g/mol. The third-order valence-electron chi connectivity index (χ3n) is 2.80. The molecule has 0 bridgehead atoms. The Morgan fingerprint density at radius 1 is 1.35 bits per heavy atom. The van der Waals surface area contributed by atoms with Gasteiger partial charge in [0, 0.05) is 25.2 Å². The molecule has 1 heterocycles. The number of halogens is 4. The Morgan fingerprint density at radius 3 is 2.55 bits per heavy atom. The van der Waals surface area contributed by atoms with Crippen LogP contribution in [0.3, 0.4) is 0 Å². The fourth-order valence-corrected chi connectivity index (χ4v) is 1.67. The van der Waals surface area contributed by atoms with Crippen molar-refractivity contribution in [1.82, 2.24) is 10.6 Å². The number of hydrogen-bond acceptors (Lipinski definition) is 3. The van der Waals surface area contributed by atoms with Crippen LogP contribution in [0.15, 0.2) is 24.3 Å². The lowest BCUT2D eigenvalue weighted by Crippen LogP contribution is -2.50. The molecule has 4 nitrogen and oxygen atoms in total. The second kappa shape index (κ2) is 6.81. The summed E-state index contributed by atoms with van der Waals surface area (Å²) in [4.78, 5) is 11.6. The molecule has 0 radical (unpaired) electrons. The maximum atomic E-state index is 12.2. The molecule has 0 aliphatic carbocycles. The third kappa shape index (κ3) is 4.57. The number of ether oxygens (including phenoxy) is 1. The van der Waals surface area contributed by atoms with Crippen LogP contribution in [-0.4, -0.2) is 25.4 Å². The molecule has 2 N–H and O–H groups in total. The molecule has 1 amide bonds. The van der Waals surface area contributed by atoms with Gasteiger partial charge in [0.1, 0.15) is 5.75 Å². The second-order valence-corrected chi connectivity index (χ2v) is 4.23. The summed E-state index contributed by atoms with van der Waals surface area (Å²) in [6.07, 6.45) is -4.74. The zero-order valence-corrected chi connectivity index (χ0v) is 11.2. The van der Waals surface area contributed by atoms with Crippen molar-refractivity contribution in [1.29, 1.82) is 0 Å². The number of nitrogens with one attached hydrogen (secondary N) is 2. The highest BCUT2D eigenvalue weighted by atomic mass is 35.5. The normalized spacial score (nSPS) is 14.9. The average molecular weight is 311 g/mol. The highest BCUT2D eigenvalue weighted by Crippen LogP contribution is 2.26. The minimum Gasteiger partial charge on any atom is -0.405 e. The maximum absolute atomic E-state index is 12.2. The molecule has 20 heavy (non-hydrogen) atoms. The molecule has 0 unspecified atom stereocenters. The molecule has 1 aliphatic rings. The monoisotopic (exact) mass is 310 g/mol. The fraction of sp³-hybridized carbons (Fsp3) is 0.417. The quantitative estimate of drug-likeness (QED) is 0.892. The number of alkyl halides is 3. The molecule has 1 aliphatic heterocycles. The number of amides is 1. The molecule has 1 aromatic rings. The van der Waals surface area contributed by atoms with Gasteiger partial charge >= 0.3 is 6.36 Å². The summed E-state index contributed by atoms with van der Waals surface area (Å²) < 4.78 is 40.5. The average Bonchev–Trinajstić information content (AvgIpc) is 2.23. The first-order valence-electron chi connectivity index (χ1n) is 5.78. The van der Waals surface area contributed by atoms with Crippen LogP contribution >= 0.6 is 12.4 Å². The second-order valence-electron chi connectivity index (χ2n) is 4.23. The van der Waals surface area contributed by atoms with Crippen molar-refractivity contribution in [2.45, 2.75) is 12.9 Å². The smallest absolute Gasteiger partial charge is 0.405 e. The van der Waals surface area contributed by atoms with Crippen LogP contribution in [0.5, 0.6) is 5.75 Å². The number of rotatable bonds is 4. The van der Waals surface area contributed by atoms with Gasteiger partial charge in [-0.3, -0.25) is 4.79 Å². The van der Waals surface area contributed by atoms with Crippen molar-refractivity contribution >= 4 is 18.3 Å². The summed E-state index contributed by atoms with van der Waals surface area (Å²) in [5.74, 6) is -0.557. The van der Waals surface area contributed by atoms with Crippen molar-refractivity contribution in [2.24, 2.45) is 5.92 Å². The Labute approximate surface area is 120 Å². The standard InChI is InChI=1S/C12H13F3N2O2.ClH/c13-12(14,15)19-10-4-2-1-3-8(10)7-17-11(18)9-5-16-6-9;/h1-4,9,16H,5-7H2,(H,17,18);1H. The van der Waals surface area contributed by atoms with Crippen LogP contribution in [0.1, 0.15) is 5.56 Å². The molecule has 8 heteroatoms. The van der Waals surface area contributed by atoms with Crippen LogP contribution in [0.2, 0.25) is 0 Å². The lowest BCUT2D eigenvalue weighted by atomic mass is 10.0. The molecule has 0 aromatic heterocycles. The van der Waals surface area contributed by atoms with Crippen molar-refractivity contribution < 1.29 is 22.7 Å². The Kier molecular flexibility index (Phi) is 5.64. The number of carbonyl (C=O) groups excluding carboxylic acids is 1. The van der Waals surface area contributed by atoms with E-state index in [-0.39, 0.29) is 36.5 Å². The van der Waals surface area contributed by atoms with Gasteiger partial charge in [-0.25, -0.2) is 0 Å². The summed E-state index contributed by atoms with van der Waals surface area (Å²) >= 11 is 0. The predicted molar refractivity (Wildman–Crippen MR) is 68.6 cm³/mol. The fourth-order valence-electron chi connectivity index (χ4n) is 1.67. The first-order chi connectivity index (χ1) is 8.96. The van der Waals surface area contributed by atoms with Crippen molar-refractivity contribution in [3.05, 3.63) is 29.8 Å². The van der Waals surface area contributed by atoms with Gasteiger partial charge in [0.15, 0.2) is 0 Å². The predicted octanol–water partition coefficient (Wildman–Crippen LogP) is 1.84. The Morgan fingerprint density at radius 2 is 2.00 bits per heavy atom. The highest BCUT2D eigenvalue weighted by molar-refractivity contribution is 5.85. The topological polar surface area (TPSA) is 50.4 Å². The van der Waals surface area contributed by atoms with E-state index in [1.807, 2.05) is 0 Å². The highest BCUT2D eigenvalue weighted by Gasteiger charge is 2.32. The largest absolute Gasteiger partial charge is 0.573 e. The lowest BCUT2D eigenvalue weighted by Gasteiger charge is -2.26. The van der Waals surface area contributed by atoms with Crippen LogP contribution < -0.4 is 15.4 Å². The molecule has 0 spiro atoms. The molecule has 1 aromatic carbocycles. The number of hydrogen-bond donors (Lipinski definition) is 2. The molecular formula is C12H14ClF3N2O2. The van der Waals surface area contributed by atoms with Gasteiger partial charge in [-0.2, -0.15) is 0 Å². The summed E-state index contributed by atoms with van der Waals surface area (Å²) in [5, 5.41) is 5.55. The number of benzene rings is 1. The van der Waals surface area contributed by atoms with Crippen molar-refractivity contribution in [3.8, 4) is 5.75 Å². The molecule has 1 saturated heterocycles. The first kappa shape index (κ1) is 16.6. The Hall–Kier alpha value is -1.47. The number of para-hydroxylation sites is 1. The molecule has 112 valence electrons. The summed E-state index contributed by atoms with van der Waals surface area (Å²) in [5.41, 5.74) is 0.292. The zero-order chi connectivity index (χ0) is 13.9. The van der Waals surface area contributed by atoms with E-state index in [0.717, 1.165) is 0 Å². The first-order valence-corrected chi connectivity index (χ1v) is 5.78.